The van der Waals surface area contributed by atoms with Gasteiger partial charge in [0.15, 0.2) is 0 Å². The van der Waals surface area contributed by atoms with E-state index >= 15 is 0 Å². The molecule has 2 atom stereocenters. The highest BCUT2D eigenvalue weighted by molar-refractivity contribution is 5.74. The molecule has 0 fully saturated rings. The fraction of sp³-hybridized carbons (Fsp3) is 0.533. The maximum Gasteiger partial charge on any atom is 0.317 e. The molecule has 0 aliphatic rings. The largest absolute Gasteiger partial charge is 0.392 e. The highest BCUT2D eigenvalue weighted by Crippen LogP contribution is 2.08. The molecule has 0 saturated carbocycles. The molecule has 112 valence electrons. The number of benzene rings is 1. The molecule has 0 bridgehead atoms. The number of amides is 2. The van der Waals surface area contributed by atoms with Crippen molar-refractivity contribution in [3.8, 4) is 0 Å². The minimum Gasteiger partial charge on any atom is -0.392 e. The molecule has 2 amide bonds. The number of aliphatic hydroxyl groups excluding tert-OH is 1. The molecule has 1 aromatic carbocycles. The number of rotatable bonds is 6. The van der Waals surface area contributed by atoms with E-state index in [1.165, 1.54) is 17.0 Å². The van der Waals surface area contributed by atoms with Crippen molar-refractivity contribution >= 4 is 6.03 Å². The van der Waals surface area contributed by atoms with Gasteiger partial charge in [-0.2, -0.15) is 0 Å². The SMILES string of the molecule is C[C@H](CCc1cccc(F)c1)NC(=O)N(C)C[C@@H](C)O. The molecule has 1 aromatic rings. The van der Waals surface area contributed by atoms with Gasteiger partial charge >= 0.3 is 6.03 Å². The molecule has 0 unspecified atom stereocenters. The number of carbonyl (C=O) groups is 1. The minimum atomic E-state index is -0.548. The van der Waals surface area contributed by atoms with Gasteiger partial charge < -0.3 is 15.3 Å². The third kappa shape index (κ3) is 6.02. The Morgan fingerprint density at radius 1 is 1.45 bits per heavy atom. The molecule has 0 saturated heterocycles. The van der Waals surface area contributed by atoms with Gasteiger partial charge in [-0.1, -0.05) is 12.1 Å². The van der Waals surface area contributed by atoms with Gasteiger partial charge in [0.1, 0.15) is 5.82 Å². The average Bonchev–Trinajstić information content (AvgIpc) is 2.35. The molecule has 4 nitrogen and oxygen atoms in total. The van der Waals surface area contributed by atoms with Crippen LogP contribution in [0, 0.1) is 5.82 Å². The van der Waals surface area contributed by atoms with Gasteiger partial charge in [0.2, 0.25) is 0 Å². The zero-order valence-electron chi connectivity index (χ0n) is 12.3. The molecule has 0 heterocycles. The Bertz CT molecular complexity index is 438. The third-order valence-electron chi connectivity index (χ3n) is 3.01. The van der Waals surface area contributed by atoms with E-state index in [1.54, 1.807) is 20.0 Å². The topological polar surface area (TPSA) is 52.6 Å². The maximum absolute atomic E-state index is 13.0. The Morgan fingerprint density at radius 3 is 2.75 bits per heavy atom. The molecule has 1 rings (SSSR count). The lowest BCUT2D eigenvalue weighted by Crippen LogP contribution is -2.44. The summed E-state index contributed by atoms with van der Waals surface area (Å²) in [7, 11) is 1.64. The Labute approximate surface area is 119 Å². The second-order valence-electron chi connectivity index (χ2n) is 5.25. The molecule has 5 heteroatoms. The van der Waals surface area contributed by atoms with Gasteiger partial charge in [0.05, 0.1) is 6.10 Å². The number of hydrogen-bond donors (Lipinski definition) is 2. The van der Waals surface area contributed by atoms with E-state index in [2.05, 4.69) is 5.32 Å². The Kier molecular flexibility index (Phi) is 6.45. The van der Waals surface area contributed by atoms with Crippen LogP contribution in [0.1, 0.15) is 25.8 Å². The summed E-state index contributed by atoms with van der Waals surface area (Å²) in [5.41, 5.74) is 0.920. The van der Waals surface area contributed by atoms with Crippen LogP contribution in [0.5, 0.6) is 0 Å². The lowest BCUT2D eigenvalue weighted by atomic mass is 10.1. The zero-order valence-corrected chi connectivity index (χ0v) is 12.3. The smallest absolute Gasteiger partial charge is 0.317 e. The lowest BCUT2D eigenvalue weighted by molar-refractivity contribution is 0.142. The summed E-state index contributed by atoms with van der Waals surface area (Å²) in [6, 6.07) is 6.26. The predicted octanol–water partition coefficient (Wildman–Crippen LogP) is 2.17. The summed E-state index contributed by atoms with van der Waals surface area (Å²) in [4.78, 5) is 13.2. The summed E-state index contributed by atoms with van der Waals surface area (Å²) in [5.74, 6) is -0.240. The summed E-state index contributed by atoms with van der Waals surface area (Å²) in [5, 5.41) is 12.1. The monoisotopic (exact) mass is 282 g/mol. The summed E-state index contributed by atoms with van der Waals surface area (Å²) < 4.78 is 13.0. The quantitative estimate of drug-likeness (QED) is 0.840. The van der Waals surface area contributed by atoms with E-state index in [-0.39, 0.29) is 17.9 Å². The van der Waals surface area contributed by atoms with E-state index in [1.807, 2.05) is 13.0 Å². The van der Waals surface area contributed by atoms with Gasteiger partial charge in [-0.25, -0.2) is 9.18 Å². The van der Waals surface area contributed by atoms with Crippen molar-refractivity contribution in [1.29, 1.82) is 0 Å². The van der Waals surface area contributed by atoms with Crippen LogP contribution in [0.25, 0.3) is 0 Å². The first-order valence-electron chi connectivity index (χ1n) is 6.82. The first-order chi connectivity index (χ1) is 9.38. The molecule has 0 aliphatic carbocycles. The van der Waals surface area contributed by atoms with Crippen LogP contribution in [0.2, 0.25) is 0 Å². The van der Waals surface area contributed by atoms with E-state index in [9.17, 15) is 14.3 Å². The van der Waals surface area contributed by atoms with Gasteiger partial charge in [-0.15, -0.1) is 0 Å². The predicted molar refractivity (Wildman–Crippen MR) is 77.0 cm³/mol. The molecule has 0 spiro atoms. The molecular formula is C15H23FN2O2. The van der Waals surface area contributed by atoms with Crippen LogP contribution >= 0.6 is 0 Å². The summed E-state index contributed by atoms with van der Waals surface area (Å²) in [6.07, 6.45) is 0.894. The number of likely N-dealkylation sites (N-methyl/N-ethyl adjacent to an activating group) is 1. The highest BCUT2D eigenvalue weighted by Gasteiger charge is 2.13. The van der Waals surface area contributed by atoms with Crippen LogP contribution in [0.3, 0.4) is 0 Å². The molecule has 0 aromatic heterocycles. The number of nitrogens with zero attached hydrogens (tertiary/aromatic N) is 1. The Morgan fingerprint density at radius 2 is 2.15 bits per heavy atom. The summed E-state index contributed by atoms with van der Waals surface area (Å²) in [6.45, 7) is 3.84. The van der Waals surface area contributed by atoms with Crippen molar-refractivity contribution in [3.05, 3.63) is 35.6 Å². The molecule has 2 N–H and O–H groups in total. The highest BCUT2D eigenvalue weighted by atomic mass is 19.1. The number of aliphatic hydroxyl groups is 1. The number of aryl methyl sites for hydroxylation is 1. The number of hydrogen-bond acceptors (Lipinski definition) is 2. The van der Waals surface area contributed by atoms with Crippen molar-refractivity contribution in [2.24, 2.45) is 0 Å². The van der Waals surface area contributed by atoms with E-state index in [4.69, 9.17) is 0 Å². The van der Waals surface area contributed by atoms with Crippen LogP contribution in [0.15, 0.2) is 24.3 Å². The second kappa shape index (κ2) is 7.85. The Hall–Kier alpha value is -1.62. The van der Waals surface area contributed by atoms with Crippen LogP contribution < -0.4 is 5.32 Å². The van der Waals surface area contributed by atoms with Crippen molar-refractivity contribution in [1.82, 2.24) is 10.2 Å². The second-order valence-corrected chi connectivity index (χ2v) is 5.25. The number of carbonyl (C=O) groups excluding carboxylic acids is 1. The van der Waals surface area contributed by atoms with E-state index in [0.717, 1.165) is 12.0 Å². The Balaban J connectivity index is 2.36. The van der Waals surface area contributed by atoms with Crippen molar-refractivity contribution in [3.63, 3.8) is 0 Å². The third-order valence-corrected chi connectivity index (χ3v) is 3.01. The fourth-order valence-corrected chi connectivity index (χ4v) is 1.95. The normalized spacial score (nSPS) is 13.7. The maximum atomic E-state index is 13.0. The average molecular weight is 282 g/mol. The van der Waals surface area contributed by atoms with Crippen molar-refractivity contribution < 1.29 is 14.3 Å². The van der Waals surface area contributed by atoms with Crippen LogP contribution in [-0.4, -0.2) is 41.8 Å². The molecular weight excluding hydrogens is 259 g/mol. The van der Waals surface area contributed by atoms with Gasteiger partial charge in [-0.05, 0) is 44.4 Å². The van der Waals surface area contributed by atoms with Gasteiger partial charge in [0.25, 0.3) is 0 Å². The number of nitrogens with one attached hydrogen (secondary N) is 1. The fourth-order valence-electron chi connectivity index (χ4n) is 1.95. The minimum absolute atomic E-state index is 0.0118. The molecule has 0 aliphatic heterocycles. The standard InChI is InChI=1S/C15H23FN2O2/c1-11(17-15(20)18(3)10-12(2)19)7-8-13-5-4-6-14(16)9-13/h4-6,9,11-12,19H,7-8,10H2,1-3H3,(H,17,20)/t11-,12-/m1/s1. The first-order valence-corrected chi connectivity index (χ1v) is 6.82. The van der Waals surface area contributed by atoms with Gasteiger partial charge in [-0.3, -0.25) is 0 Å². The lowest BCUT2D eigenvalue weighted by Gasteiger charge is -2.22. The zero-order chi connectivity index (χ0) is 15.1. The van der Waals surface area contributed by atoms with Crippen LogP contribution in [-0.2, 0) is 6.42 Å². The summed E-state index contributed by atoms with van der Waals surface area (Å²) >= 11 is 0. The van der Waals surface area contributed by atoms with Crippen LogP contribution in [0.4, 0.5) is 9.18 Å². The first kappa shape index (κ1) is 16.4. The molecule has 20 heavy (non-hydrogen) atoms. The molecule has 0 radical (unpaired) electrons. The number of urea groups is 1. The van der Waals surface area contributed by atoms with Crippen molar-refractivity contribution in [2.75, 3.05) is 13.6 Å². The van der Waals surface area contributed by atoms with Crippen molar-refractivity contribution in [2.45, 2.75) is 38.8 Å². The van der Waals surface area contributed by atoms with E-state index < -0.39 is 6.10 Å². The number of halogens is 1. The van der Waals surface area contributed by atoms with Gasteiger partial charge in [0, 0.05) is 19.6 Å². The van der Waals surface area contributed by atoms with E-state index in [0.29, 0.717) is 13.0 Å².